The van der Waals surface area contributed by atoms with Crippen LogP contribution in [0.15, 0.2) is 51.9 Å². The number of ether oxygens (including phenoxy) is 1. The highest BCUT2D eigenvalue weighted by atomic mass is 32.2. The van der Waals surface area contributed by atoms with Crippen molar-refractivity contribution >= 4 is 40.0 Å². The number of rotatable bonds is 4. The molecule has 0 atom stereocenters. The van der Waals surface area contributed by atoms with Gasteiger partial charge in [-0.2, -0.15) is 0 Å². The topological polar surface area (TPSA) is 81.4 Å². The fourth-order valence-electron chi connectivity index (χ4n) is 2.73. The minimum atomic E-state index is -4.73. The van der Waals surface area contributed by atoms with E-state index < -0.39 is 17.5 Å². The number of furan rings is 1. The van der Waals surface area contributed by atoms with E-state index in [-0.39, 0.29) is 10.7 Å². The minimum Gasteiger partial charge on any atom is -0.457 e. The number of fused-ring (bicyclic) bond motifs is 1. The Morgan fingerprint density at radius 1 is 1.17 bits per heavy atom. The van der Waals surface area contributed by atoms with Crippen LogP contribution in [0, 0.1) is 0 Å². The zero-order valence-corrected chi connectivity index (χ0v) is 15.3. The van der Waals surface area contributed by atoms with Crippen LogP contribution in [0.2, 0.25) is 0 Å². The number of halogens is 3. The summed E-state index contributed by atoms with van der Waals surface area (Å²) in [6.45, 7) is 0. The molecular weight excluding hydrogens is 409 g/mol. The van der Waals surface area contributed by atoms with Crippen molar-refractivity contribution in [3.8, 4) is 5.75 Å². The number of thioether (sulfide) groups is 1. The third-order valence-electron chi connectivity index (χ3n) is 3.93. The normalized spacial score (nSPS) is 15.9. The second-order valence-electron chi connectivity index (χ2n) is 6.08. The zero-order chi connectivity index (χ0) is 20.6. The summed E-state index contributed by atoms with van der Waals surface area (Å²) in [5.41, 5.74) is 1.94. The van der Waals surface area contributed by atoms with Crippen molar-refractivity contribution in [2.24, 2.45) is 0 Å². The second kappa shape index (κ2) is 7.28. The number of hydrogen-bond acceptors (Lipinski definition) is 6. The Hall–Kier alpha value is -3.27. The van der Waals surface area contributed by atoms with Gasteiger partial charge in [-0.05, 0) is 35.5 Å². The molecule has 0 radical (unpaired) electrons. The van der Waals surface area contributed by atoms with E-state index in [4.69, 9.17) is 4.42 Å². The van der Waals surface area contributed by atoms with Crippen LogP contribution in [0.25, 0.3) is 17.0 Å². The number of carbonyl (C=O) groups excluding carboxylic acids is 2. The van der Waals surface area contributed by atoms with E-state index >= 15 is 0 Å². The standard InChI is InChI=1S/C19H11F3N2O4S/c20-19(21,22)28-13-3-1-10(2-4-13)5-12-7-15-11(9-23-12)6-14(27-15)8-16-17(25)24-18(26)29-16/h1-4,6-9H,5H2,(H,24,25,26)/b16-8-. The van der Waals surface area contributed by atoms with Gasteiger partial charge in [0.15, 0.2) is 0 Å². The third kappa shape index (κ3) is 4.60. The van der Waals surface area contributed by atoms with Gasteiger partial charge in [0.2, 0.25) is 0 Å². The van der Waals surface area contributed by atoms with E-state index in [0.717, 1.165) is 17.3 Å². The van der Waals surface area contributed by atoms with Gasteiger partial charge < -0.3 is 9.15 Å². The molecule has 1 aliphatic rings. The molecule has 4 rings (SSSR count). The van der Waals surface area contributed by atoms with Crippen molar-refractivity contribution in [3.63, 3.8) is 0 Å². The van der Waals surface area contributed by atoms with E-state index in [0.29, 0.717) is 28.8 Å². The molecule has 1 aliphatic heterocycles. The van der Waals surface area contributed by atoms with E-state index in [1.54, 1.807) is 18.3 Å². The van der Waals surface area contributed by atoms with Crippen LogP contribution >= 0.6 is 11.8 Å². The van der Waals surface area contributed by atoms with Crippen molar-refractivity contribution in [3.05, 3.63) is 64.5 Å². The minimum absolute atomic E-state index is 0.239. The molecule has 0 aliphatic carbocycles. The first-order valence-corrected chi connectivity index (χ1v) is 9.05. The molecule has 1 aromatic carbocycles. The summed E-state index contributed by atoms with van der Waals surface area (Å²) in [5.74, 6) is -0.363. The molecular formula is C19H11F3N2O4S. The quantitative estimate of drug-likeness (QED) is 0.620. The smallest absolute Gasteiger partial charge is 0.457 e. The molecule has 3 heterocycles. The number of hydrogen-bond donors (Lipinski definition) is 1. The Morgan fingerprint density at radius 2 is 1.93 bits per heavy atom. The number of pyridine rings is 1. The Balaban J connectivity index is 1.51. The molecule has 2 aromatic heterocycles. The molecule has 1 fully saturated rings. The van der Waals surface area contributed by atoms with Crippen molar-refractivity contribution < 1.29 is 31.9 Å². The number of nitrogens with one attached hydrogen (secondary N) is 1. The molecule has 148 valence electrons. The molecule has 29 heavy (non-hydrogen) atoms. The van der Waals surface area contributed by atoms with Crippen LogP contribution in [-0.4, -0.2) is 22.5 Å². The SMILES string of the molecule is O=C1NC(=O)/C(=C/c2cc3cnc(Cc4ccc(OC(F)(F)F)cc4)cc3o2)S1. The van der Waals surface area contributed by atoms with Crippen LogP contribution in [0.4, 0.5) is 18.0 Å². The molecule has 3 aromatic rings. The summed E-state index contributed by atoms with van der Waals surface area (Å²) < 4.78 is 46.2. The first kappa shape index (κ1) is 19.1. The van der Waals surface area contributed by atoms with Crippen molar-refractivity contribution in [1.29, 1.82) is 0 Å². The van der Waals surface area contributed by atoms with E-state index in [1.807, 2.05) is 0 Å². The highest BCUT2D eigenvalue weighted by molar-refractivity contribution is 8.18. The Morgan fingerprint density at radius 3 is 2.59 bits per heavy atom. The highest BCUT2D eigenvalue weighted by Gasteiger charge is 2.31. The van der Waals surface area contributed by atoms with E-state index in [1.165, 1.54) is 30.3 Å². The maximum Gasteiger partial charge on any atom is 0.573 e. The summed E-state index contributed by atoms with van der Waals surface area (Å²) in [7, 11) is 0. The van der Waals surface area contributed by atoms with Crippen molar-refractivity contribution in [2.45, 2.75) is 12.8 Å². The van der Waals surface area contributed by atoms with Crippen molar-refractivity contribution in [2.75, 3.05) is 0 Å². The van der Waals surface area contributed by atoms with Gasteiger partial charge in [-0.1, -0.05) is 12.1 Å². The van der Waals surface area contributed by atoms with Gasteiger partial charge in [0, 0.05) is 35.8 Å². The van der Waals surface area contributed by atoms with Gasteiger partial charge in [-0.25, -0.2) is 0 Å². The van der Waals surface area contributed by atoms with E-state index in [2.05, 4.69) is 15.0 Å². The molecule has 1 saturated heterocycles. The first-order valence-electron chi connectivity index (χ1n) is 8.23. The highest BCUT2D eigenvalue weighted by Crippen LogP contribution is 2.28. The van der Waals surface area contributed by atoms with Crippen LogP contribution in [0.3, 0.4) is 0 Å². The molecule has 10 heteroatoms. The van der Waals surface area contributed by atoms with E-state index in [9.17, 15) is 22.8 Å². The number of benzene rings is 1. The lowest BCUT2D eigenvalue weighted by Gasteiger charge is -2.09. The fraction of sp³-hybridized carbons (Fsp3) is 0.105. The predicted octanol–water partition coefficient (Wildman–Crippen LogP) is 4.64. The summed E-state index contributed by atoms with van der Waals surface area (Å²) in [4.78, 5) is 27.4. The van der Waals surface area contributed by atoms with Gasteiger partial charge in [-0.3, -0.25) is 19.9 Å². The number of aromatic nitrogens is 1. The number of nitrogens with zero attached hydrogens (tertiary/aromatic N) is 1. The van der Waals surface area contributed by atoms with Gasteiger partial charge in [0.1, 0.15) is 17.1 Å². The number of carbonyl (C=O) groups is 2. The predicted molar refractivity (Wildman–Crippen MR) is 99.0 cm³/mol. The Bertz CT molecular complexity index is 1140. The average Bonchev–Trinajstić information content (AvgIpc) is 3.17. The Kier molecular flexibility index (Phi) is 4.79. The molecule has 0 saturated carbocycles. The molecule has 1 N–H and O–H groups in total. The molecule has 2 amide bonds. The second-order valence-corrected chi connectivity index (χ2v) is 7.10. The maximum absolute atomic E-state index is 12.2. The lowest BCUT2D eigenvalue weighted by atomic mass is 10.1. The summed E-state index contributed by atoms with van der Waals surface area (Å²) in [5, 5.41) is 2.44. The molecule has 0 unspecified atom stereocenters. The largest absolute Gasteiger partial charge is 0.573 e. The van der Waals surface area contributed by atoms with Gasteiger partial charge >= 0.3 is 6.36 Å². The van der Waals surface area contributed by atoms with Crippen LogP contribution < -0.4 is 10.1 Å². The number of alkyl halides is 3. The molecule has 6 nitrogen and oxygen atoms in total. The third-order valence-corrected chi connectivity index (χ3v) is 4.75. The van der Waals surface area contributed by atoms with Gasteiger partial charge in [-0.15, -0.1) is 13.2 Å². The zero-order valence-electron chi connectivity index (χ0n) is 14.4. The lowest BCUT2D eigenvalue weighted by molar-refractivity contribution is -0.274. The Labute approximate surface area is 165 Å². The summed E-state index contributed by atoms with van der Waals surface area (Å²) in [6, 6.07) is 8.94. The summed E-state index contributed by atoms with van der Waals surface area (Å²) in [6.07, 6.45) is -1.27. The fourth-order valence-corrected chi connectivity index (χ4v) is 3.39. The molecule has 0 spiro atoms. The van der Waals surface area contributed by atoms with Gasteiger partial charge in [0.25, 0.3) is 11.1 Å². The van der Waals surface area contributed by atoms with Crippen LogP contribution in [-0.2, 0) is 11.2 Å². The molecule has 0 bridgehead atoms. The number of imide groups is 1. The summed E-state index contributed by atoms with van der Waals surface area (Å²) >= 11 is 0.793. The first-order chi connectivity index (χ1) is 13.7. The maximum atomic E-state index is 12.2. The van der Waals surface area contributed by atoms with Crippen LogP contribution in [0.1, 0.15) is 17.0 Å². The average molecular weight is 420 g/mol. The van der Waals surface area contributed by atoms with Crippen molar-refractivity contribution in [1.82, 2.24) is 10.3 Å². The van der Waals surface area contributed by atoms with Gasteiger partial charge in [0.05, 0.1) is 4.91 Å². The van der Waals surface area contributed by atoms with Crippen LogP contribution in [0.5, 0.6) is 5.75 Å². The number of amides is 2. The monoisotopic (exact) mass is 420 g/mol. The lowest BCUT2D eigenvalue weighted by Crippen LogP contribution is -2.17.